The number of hydrogen-bond donors (Lipinski definition) is 1. The second-order valence-corrected chi connectivity index (χ2v) is 6.40. The lowest BCUT2D eigenvalue weighted by atomic mass is 10.2. The van der Waals surface area contributed by atoms with Crippen LogP contribution in [0.2, 0.25) is 5.02 Å². The summed E-state index contributed by atoms with van der Waals surface area (Å²) >= 11 is 5.67. The number of para-hydroxylation sites is 2. The van der Waals surface area contributed by atoms with E-state index in [-0.39, 0.29) is 16.8 Å². The Morgan fingerprint density at radius 2 is 1.83 bits per heavy atom. The Balaban J connectivity index is 1.60. The summed E-state index contributed by atoms with van der Waals surface area (Å²) in [6, 6.07) is 14.6. The summed E-state index contributed by atoms with van der Waals surface area (Å²) in [6.07, 6.45) is 0.529. The van der Waals surface area contributed by atoms with E-state index in [1.54, 1.807) is 49.4 Å². The number of ether oxygens (including phenoxy) is 3. The van der Waals surface area contributed by atoms with Gasteiger partial charge >= 0.3 is 0 Å². The number of rotatable bonds is 7. The van der Waals surface area contributed by atoms with Gasteiger partial charge in [-0.15, -0.1) is 0 Å². The first-order valence-electron chi connectivity index (χ1n) is 8.66. The van der Waals surface area contributed by atoms with Crippen LogP contribution in [0.3, 0.4) is 0 Å². The second-order valence-electron chi connectivity index (χ2n) is 5.96. The number of carbonyl (C=O) groups is 1. The maximum atomic E-state index is 13.8. The van der Waals surface area contributed by atoms with Crippen LogP contribution in [0.25, 0.3) is 0 Å². The molecule has 0 radical (unpaired) electrons. The standard InChI is InChI=1S/C21H18ClFN2O4/c1-13(20(26)25-18-5-3-4-6-19(18)27-2)28-15-7-9-16(10-8-15)29-21-17(23)11-14(22)12-24-21/h3-13H,1-2H3,(H,25,26). The molecule has 3 rings (SSSR count). The number of hydrogen-bond acceptors (Lipinski definition) is 5. The van der Waals surface area contributed by atoms with Gasteiger partial charge in [-0.25, -0.2) is 9.37 Å². The zero-order valence-corrected chi connectivity index (χ0v) is 16.4. The number of methoxy groups -OCH3 is 1. The third-order valence-corrected chi connectivity index (χ3v) is 4.07. The lowest BCUT2D eigenvalue weighted by Crippen LogP contribution is -2.30. The quantitative estimate of drug-likeness (QED) is 0.581. The highest BCUT2D eigenvalue weighted by molar-refractivity contribution is 6.30. The van der Waals surface area contributed by atoms with Crippen molar-refractivity contribution in [3.63, 3.8) is 0 Å². The van der Waals surface area contributed by atoms with Crippen molar-refractivity contribution in [3.05, 3.63) is 71.6 Å². The monoisotopic (exact) mass is 416 g/mol. The molecule has 1 atom stereocenters. The highest BCUT2D eigenvalue weighted by Crippen LogP contribution is 2.27. The van der Waals surface area contributed by atoms with Crippen LogP contribution in [0.1, 0.15) is 6.92 Å². The van der Waals surface area contributed by atoms with Gasteiger partial charge in [0, 0.05) is 6.20 Å². The van der Waals surface area contributed by atoms with Gasteiger partial charge in [-0.2, -0.15) is 0 Å². The SMILES string of the molecule is COc1ccccc1NC(=O)C(C)Oc1ccc(Oc2ncc(Cl)cc2F)cc1. The number of benzene rings is 2. The third kappa shape index (κ3) is 5.36. The van der Waals surface area contributed by atoms with Crippen LogP contribution >= 0.6 is 11.6 Å². The number of aromatic nitrogens is 1. The van der Waals surface area contributed by atoms with Crippen LogP contribution in [0.4, 0.5) is 10.1 Å². The smallest absolute Gasteiger partial charge is 0.265 e. The zero-order valence-electron chi connectivity index (χ0n) is 15.7. The number of anilines is 1. The van der Waals surface area contributed by atoms with Gasteiger partial charge in [0.25, 0.3) is 11.8 Å². The molecule has 0 spiro atoms. The Hall–Kier alpha value is -3.32. The molecule has 1 aromatic heterocycles. The first kappa shape index (κ1) is 20.4. The van der Waals surface area contributed by atoms with Gasteiger partial charge in [-0.1, -0.05) is 23.7 Å². The molecule has 1 heterocycles. The summed E-state index contributed by atoms with van der Waals surface area (Å²) in [6.45, 7) is 1.63. The summed E-state index contributed by atoms with van der Waals surface area (Å²) in [4.78, 5) is 16.2. The van der Waals surface area contributed by atoms with Gasteiger partial charge in [0.2, 0.25) is 0 Å². The normalized spacial score (nSPS) is 11.4. The fraction of sp³-hybridized carbons (Fsp3) is 0.143. The molecule has 2 aromatic carbocycles. The summed E-state index contributed by atoms with van der Waals surface area (Å²) in [5, 5.41) is 2.94. The molecule has 0 bridgehead atoms. The summed E-state index contributed by atoms with van der Waals surface area (Å²) in [7, 11) is 1.53. The van der Waals surface area contributed by atoms with Crippen molar-refractivity contribution in [2.24, 2.45) is 0 Å². The minimum absolute atomic E-state index is 0.180. The molecular formula is C21H18ClFN2O4. The molecule has 6 nitrogen and oxygen atoms in total. The van der Waals surface area contributed by atoms with E-state index in [2.05, 4.69) is 10.3 Å². The van der Waals surface area contributed by atoms with Crippen molar-refractivity contribution < 1.29 is 23.4 Å². The largest absolute Gasteiger partial charge is 0.495 e. The van der Waals surface area contributed by atoms with E-state index in [9.17, 15) is 9.18 Å². The van der Waals surface area contributed by atoms with Crippen molar-refractivity contribution >= 4 is 23.2 Å². The predicted molar refractivity (Wildman–Crippen MR) is 107 cm³/mol. The Kier molecular flexibility index (Phi) is 6.51. The van der Waals surface area contributed by atoms with Crippen LogP contribution in [0.15, 0.2) is 60.8 Å². The van der Waals surface area contributed by atoms with Gasteiger partial charge in [-0.3, -0.25) is 4.79 Å². The Labute approximate surface area is 172 Å². The van der Waals surface area contributed by atoms with Crippen LogP contribution in [-0.2, 0) is 4.79 Å². The molecule has 0 fully saturated rings. The molecule has 1 N–H and O–H groups in total. The van der Waals surface area contributed by atoms with E-state index >= 15 is 0 Å². The molecule has 0 aliphatic carbocycles. The molecule has 0 saturated heterocycles. The minimum atomic E-state index is -0.762. The zero-order chi connectivity index (χ0) is 20.8. The second kappa shape index (κ2) is 9.25. The molecule has 150 valence electrons. The molecule has 0 saturated carbocycles. The molecule has 0 aliphatic heterocycles. The highest BCUT2D eigenvalue weighted by atomic mass is 35.5. The summed E-state index contributed by atoms with van der Waals surface area (Å²) in [5.41, 5.74) is 0.552. The van der Waals surface area contributed by atoms with E-state index in [0.717, 1.165) is 6.07 Å². The van der Waals surface area contributed by atoms with Crippen molar-refractivity contribution in [1.82, 2.24) is 4.98 Å². The van der Waals surface area contributed by atoms with Crippen molar-refractivity contribution in [1.29, 1.82) is 0 Å². The van der Waals surface area contributed by atoms with Gasteiger partial charge in [0.1, 0.15) is 17.2 Å². The molecular weight excluding hydrogens is 399 g/mol. The van der Waals surface area contributed by atoms with Crippen LogP contribution < -0.4 is 19.5 Å². The van der Waals surface area contributed by atoms with E-state index in [4.69, 9.17) is 25.8 Å². The van der Waals surface area contributed by atoms with Crippen molar-refractivity contribution in [2.75, 3.05) is 12.4 Å². The minimum Gasteiger partial charge on any atom is -0.495 e. The lowest BCUT2D eigenvalue weighted by Gasteiger charge is -2.16. The first-order valence-corrected chi connectivity index (χ1v) is 9.03. The topological polar surface area (TPSA) is 69.7 Å². The fourth-order valence-corrected chi connectivity index (χ4v) is 2.56. The number of halogens is 2. The Morgan fingerprint density at radius 3 is 2.52 bits per heavy atom. The van der Waals surface area contributed by atoms with E-state index in [1.165, 1.54) is 13.3 Å². The molecule has 29 heavy (non-hydrogen) atoms. The van der Waals surface area contributed by atoms with Crippen molar-refractivity contribution in [3.8, 4) is 23.1 Å². The van der Waals surface area contributed by atoms with Gasteiger partial charge in [-0.05, 0) is 49.4 Å². The average molecular weight is 417 g/mol. The number of nitrogens with one attached hydrogen (secondary N) is 1. The molecule has 8 heteroatoms. The predicted octanol–water partition coefficient (Wildman–Crippen LogP) is 5.08. The van der Waals surface area contributed by atoms with Crippen molar-refractivity contribution in [2.45, 2.75) is 13.0 Å². The third-order valence-electron chi connectivity index (χ3n) is 3.86. The Bertz CT molecular complexity index is 998. The van der Waals surface area contributed by atoms with Gasteiger partial charge < -0.3 is 19.5 Å². The summed E-state index contributed by atoms with van der Waals surface area (Å²) in [5.74, 6) is 0.175. The Morgan fingerprint density at radius 1 is 1.14 bits per heavy atom. The van der Waals surface area contributed by atoms with Crippen LogP contribution in [-0.4, -0.2) is 24.1 Å². The van der Waals surface area contributed by atoms with E-state index in [0.29, 0.717) is 22.9 Å². The molecule has 0 aliphatic rings. The van der Waals surface area contributed by atoms with Gasteiger partial charge in [0.15, 0.2) is 11.9 Å². The first-order chi connectivity index (χ1) is 14.0. The van der Waals surface area contributed by atoms with Crippen LogP contribution in [0.5, 0.6) is 23.1 Å². The highest BCUT2D eigenvalue weighted by Gasteiger charge is 2.17. The van der Waals surface area contributed by atoms with Gasteiger partial charge in [0.05, 0.1) is 17.8 Å². The number of nitrogens with zero attached hydrogens (tertiary/aromatic N) is 1. The molecule has 1 unspecified atom stereocenters. The molecule has 1 amide bonds. The van der Waals surface area contributed by atoms with Crippen LogP contribution in [0, 0.1) is 5.82 Å². The number of carbonyl (C=O) groups excluding carboxylic acids is 1. The van der Waals surface area contributed by atoms with E-state index < -0.39 is 11.9 Å². The number of amides is 1. The average Bonchev–Trinajstić information content (AvgIpc) is 2.71. The van der Waals surface area contributed by atoms with E-state index in [1.807, 2.05) is 6.07 Å². The fourth-order valence-electron chi connectivity index (χ4n) is 2.41. The maximum Gasteiger partial charge on any atom is 0.265 e. The number of pyridine rings is 1. The molecule has 3 aromatic rings. The maximum absolute atomic E-state index is 13.8. The lowest BCUT2D eigenvalue weighted by molar-refractivity contribution is -0.122. The summed E-state index contributed by atoms with van der Waals surface area (Å²) < 4.78 is 30.0.